The molecular formula is C19H12N4O4S2. The van der Waals surface area contributed by atoms with Gasteiger partial charge in [-0.3, -0.25) is 25.3 Å². The van der Waals surface area contributed by atoms with Crippen molar-refractivity contribution >= 4 is 58.7 Å². The molecule has 10 heteroatoms. The van der Waals surface area contributed by atoms with Crippen LogP contribution < -0.4 is 5.43 Å². The number of hydrogen-bond donors (Lipinski definition) is 2. The molecule has 0 bridgehead atoms. The minimum atomic E-state index is -0.634. The number of nitro benzene ring substituents is 1. The van der Waals surface area contributed by atoms with Gasteiger partial charge in [0.2, 0.25) is 5.88 Å². The molecule has 0 saturated carbocycles. The molecule has 2 N–H and O–H groups in total. The number of thiazole rings is 1. The van der Waals surface area contributed by atoms with Crippen LogP contribution in [0.4, 0.5) is 11.4 Å². The Balaban J connectivity index is 1.64. The normalized spacial score (nSPS) is 13.4. The summed E-state index contributed by atoms with van der Waals surface area (Å²) < 4.78 is 1.29. The van der Waals surface area contributed by atoms with E-state index in [1.54, 1.807) is 12.3 Å². The number of nitrogens with zero attached hydrogens (tertiary/aromatic N) is 3. The Morgan fingerprint density at radius 2 is 2.07 bits per heavy atom. The van der Waals surface area contributed by atoms with Crippen molar-refractivity contribution in [3.63, 3.8) is 0 Å². The molecule has 0 aliphatic carbocycles. The van der Waals surface area contributed by atoms with Gasteiger partial charge >= 0.3 is 0 Å². The minimum absolute atomic E-state index is 0.0726. The second-order valence-corrected chi connectivity index (χ2v) is 7.69. The standard InChI is InChI=1S/C19H12N4O4S2/c24-17(11-4-3-5-13(8-11)23(26)27)21-22-18(25)16(29-19(22)28)9-12-10-20-15-7-2-1-6-14(12)15/h1-10,25H,(H,21,24). The van der Waals surface area contributed by atoms with Crippen molar-refractivity contribution in [3.05, 3.63) is 78.6 Å². The number of aromatic nitrogens is 1. The van der Waals surface area contributed by atoms with Gasteiger partial charge in [0.25, 0.3) is 11.6 Å². The molecule has 2 aromatic carbocycles. The SMILES string of the molecule is O=C(Nn1c(O)c(C=C2C=Nc3ccccc32)sc1=S)c1cccc([N+](=O)[O-])c1. The van der Waals surface area contributed by atoms with Crippen molar-refractivity contribution < 1.29 is 14.8 Å². The number of hydrogen-bond acceptors (Lipinski definition) is 7. The average Bonchev–Trinajstić information content (AvgIpc) is 3.24. The Bertz CT molecular complexity index is 1270. The fraction of sp³-hybridized carbons (Fsp3) is 0. The topological polar surface area (TPSA) is 110 Å². The first-order valence-electron chi connectivity index (χ1n) is 8.30. The van der Waals surface area contributed by atoms with Crippen LogP contribution in [0, 0.1) is 14.1 Å². The summed E-state index contributed by atoms with van der Waals surface area (Å²) in [6.07, 6.45) is 3.43. The second kappa shape index (κ2) is 7.41. The predicted molar refractivity (Wildman–Crippen MR) is 114 cm³/mol. The summed E-state index contributed by atoms with van der Waals surface area (Å²) in [5.41, 5.74) is 4.91. The molecule has 29 heavy (non-hydrogen) atoms. The molecule has 3 aromatic rings. The van der Waals surface area contributed by atoms with Crippen molar-refractivity contribution in [1.82, 2.24) is 4.68 Å². The smallest absolute Gasteiger partial charge is 0.270 e. The predicted octanol–water partition coefficient (Wildman–Crippen LogP) is 4.53. The largest absolute Gasteiger partial charge is 0.492 e. The first-order chi connectivity index (χ1) is 13.9. The van der Waals surface area contributed by atoms with Gasteiger partial charge in [0, 0.05) is 35.0 Å². The number of aliphatic imine (C=N–C) groups is 1. The quantitative estimate of drug-likeness (QED) is 0.363. The van der Waals surface area contributed by atoms with E-state index in [1.165, 1.54) is 18.2 Å². The number of aromatic hydroxyl groups is 1. The van der Waals surface area contributed by atoms with E-state index in [9.17, 15) is 20.0 Å². The third-order valence-electron chi connectivity index (χ3n) is 4.19. The highest BCUT2D eigenvalue weighted by Gasteiger charge is 2.18. The third kappa shape index (κ3) is 3.58. The zero-order chi connectivity index (χ0) is 20.5. The van der Waals surface area contributed by atoms with E-state index in [1.807, 2.05) is 24.3 Å². The summed E-state index contributed by atoms with van der Waals surface area (Å²) in [6.45, 7) is 0. The van der Waals surface area contributed by atoms with E-state index in [-0.39, 0.29) is 21.1 Å². The number of fused-ring (bicyclic) bond motifs is 1. The molecule has 0 radical (unpaired) electrons. The zero-order valence-electron chi connectivity index (χ0n) is 14.6. The van der Waals surface area contributed by atoms with E-state index in [2.05, 4.69) is 10.4 Å². The second-order valence-electron chi connectivity index (χ2n) is 6.01. The molecule has 1 amide bonds. The lowest BCUT2D eigenvalue weighted by Crippen LogP contribution is -2.22. The van der Waals surface area contributed by atoms with Crippen LogP contribution in [-0.4, -0.2) is 26.8 Å². The Labute approximate surface area is 173 Å². The first-order valence-corrected chi connectivity index (χ1v) is 9.52. The number of nitrogens with one attached hydrogen (secondary N) is 1. The minimum Gasteiger partial charge on any atom is -0.492 e. The molecule has 1 aliphatic rings. The fourth-order valence-electron chi connectivity index (χ4n) is 2.80. The molecule has 144 valence electrons. The van der Waals surface area contributed by atoms with Gasteiger partial charge in [0.1, 0.15) is 0 Å². The van der Waals surface area contributed by atoms with E-state index in [0.29, 0.717) is 4.88 Å². The summed E-state index contributed by atoms with van der Waals surface area (Å²) in [5, 5.41) is 21.4. The molecule has 8 nitrogen and oxygen atoms in total. The molecule has 0 spiro atoms. The van der Waals surface area contributed by atoms with Crippen molar-refractivity contribution in [3.8, 4) is 5.88 Å². The third-order valence-corrected chi connectivity index (χ3v) is 5.50. The van der Waals surface area contributed by atoms with Gasteiger partial charge in [0.15, 0.2) is 3.95 Å². The van der Waals surface area contributed by atoms with E-state index < -0.39 is 10.8 Å². The Morgan fingerprint density at radius 1 is 1.28 bits per heavy atom. The van der Waals surface area contributed by atoms with Crippen molar-refractivity contribution in [2.45, 2.75) is 0 Å². The van der Waals surface area contributed by atoms with Crippen LogP contribution in [0.3, 0.4) is 0 Å². The number of benzene rings is 2. The van der Waals surface area contributed by atoms with Gasteiger partial charge in [0.05, 0.1) is 15.5 Å². The van der Waals surface area contributed by atoms with E-state index in [0.717, 1.165) is 38.9 Å². The van der Waals surface area contributed by atoms with Gasteiger partial charge < -0.3 is 5.11 Å². The summed E-state index contributed by atoms with van der Waals surface area (Å²) in [7, 11) is 0. The van der Waals surface area contributed by atoms with Crippen molar-refractivity contribution in [2.24, 2.45) is 4.99 Å². The fourth-order valence-corrected chi connectivity index (χ4v) is 3.98. The lowest BCUT2D eigenvalue weighted by Gasteiger charge is -2.07. The number of carbonyl (C=O) groups is 1. The number of para-hydroxylation sites is 1. The Kier molecular flexibility index (Phi) is 4.79. The number of amides is 1. The van der Waals surface area contributed by atoms with Crippen LogP contribution in [-0.2, 0) is 0 Å². The monoisotopic (exact) mass is 424 g/mol. The summed E-state index contributed by atoms with van der Waals surface area (Å²) in [5.74, 6) is -0.867. The van der Waals surface area contributed by atoms with Crippen molar-refractivity contribution in [1.29, 1.82) is 0 Å². The molecular weight excluding hydrogens is 412 g/mol. The lowest BCUT2D eigenvalue weighted by atomic mass is 10.1. The van der Waals surface area contributed by atoms with Gasteiger partial charge in [-0.15, -0.1) is 0 Å². The Morgan fingerprint density at radius 3 is 2.86 bits per heavy atom. The highest BCUT2D eigenvalue weighted by Crippen LogP contribution is 2.35. The molecule has 0 saturated heterocycles. The highest BCUT2D eigenvalue weighted by atomic mass is 32.1. The van der Waals surface area contributed by atoms with E-state index in [4.69, 9.17) is 12.2 Å². The molecule has 2 heterocycles. The van der Waals surface area contributed by atoms with Crippen LogP contribution in [0.5, 0.6) is 5.88 Å². The molecule has 0 unspecified atom stereocenters. The van der Waals surface area contributed by atoms with Gasteiger partial charge in [-0.05, 0) is 30.4 Å². The number of non-ortho nitro benzene ring substituents is 1. The maximum Gasteiger partial charge on any atom is 0.270 e. The average molecular weight is 424 g/mol. The van der Waals surface area contributed by atoms with Crippen LogP contribution in [0.15, 0.2) is 53.5 Å². The summed E-state index contributed by atoms with van der Waals surface area (Å²) >= 11 is 6.36. The lowest BCUT2D eigenvalue weighted by molar-refractivity contribution is -0.384. The van der Waals surface area contributed by atoms with Crippen LogP contribution in [0.2, 0.25) is 0 Å². The van der Waals surface area contributed by atoms with Crippen LogP contribution in [0.1, 0.15) is 20.8 Å². The number of carbonyl (C=O) groups excluding carboxylic acids is 1. The molecule has 0 atom stereocenters. The van der Waals surface area contributed by atoms with Crippen LogP contribution in [0.25, 0.3) is 11.6 Å². The maximum absolute atomic E-state index is 12.5. The van der Waals surface area contributed by atoms with Crippen molar-refractivity contribution in [2.75, 3.05) is 5.43 Å². The van der Waals surface area contributed by atoms with Gasteiger partial charge in [-0.1, -0.05) is 35.6 Å². The summed E-state index contributed by atoms with van der Waals surface area (Å²) in [4.78, 5) is 27.5. The Hall–Kier alpha value is -3.63. The van der Waals surface area contributed by atoms with Gasteiger partial charge in [-0.2, -0.15) is 4.68 Å². The van der Waals surface area contributed by atoms with Crippen LogP contribution >= 0.6 is 23.6 Å². The first kappa shape index (κ1) is 18.7. The molecule has 0 fully saturated rings. The zero-order valence-corrected chi connectivity index (χ0v) is 16.2. The molecule has 1 aromatic heterocycles. The molecule has 1 aliphatic heterocycles. The maximum atomic E-state index is 12.5. The number of allylic oxidation sites excluding steroid dienone is 1. The number of rotatable bonds is 4. The number of nitro groups is 1. The highest BCUT2D eigenvalue weighted by molar-refractivity contribution is 7.73. The van der Waals surface area contributed by atoms with Gasteiger partial charge in [-0.25, -0.2) is 0 Å². The van der Waals surface area contributed by atoms with E-state index >= 15 is 0 Å². The molecule has 4 rings (SSSR count). The summed E-state index contributed by atoms with van der Waals surface area (Å²) in [6, 6.07) is 12.9.